The summed E-state index contributed by atoms with van der Waals surface area (Å²) in [5.41, 5.74) is 0. The predicted octanol–water partition coefficient (Wildman–Crippen LogP) is 3.96. The monoisotopic (exact) mass is 171 g/mol. The van der Waals surface area contributed by atoms with Crippen molar-refractivity contribution >= 4 is 8.80 Å². The third-order valence-electron chi connectivity index (χ3n) is 2.70. The summed E-state index contributed by atoms with van der Waals surface area (Å²) >= 11 is 0. The van der Waals surface area contributed by atoms with Gasteiger partial charge < -0.3 is 0 Å². The fraction of sp³-hybridized carbons (Fsp3) is 1.00. The van der Waals surface area contributed by atoms with Crippen LogP contribution in [0.25, 0.3) is 0 Å². The van der Waals surface area contributed by atoms with E-state index in [4.69, 9.17) is 0 Å². The highest BCUT2D eigenvalue weighted by atomic mass is 28.3. The maximum Gasteiger partial charge on any atom is 0.0473 e. The Morgan fingerprint density at radius 3 is 1.91 bits per heavy atom. The number of rotatable bonds is 4. The Morgan fingerprint density at radius 2 is 1.64 bits per heavy atom. The molecule has 0 aliphatic rings. The minimum atomic E-state index is -0.106. The molecule has 0 saturated heterocycles. The molecule has 0 aliphatic heterocycles. The van der Waals surface area contributed by atoms with Gasteiger partial charge in [-0.15, -0.1) is 0 Å². The second kappa shape index (κ2) is 4.29. The van der Waals surface area contributed by atoms with E-state index in [1.165, 1.54) is 12.8 Å². The Morgan fingerprint density at radius 1 is 1.18 bits per heavy atom. The molecule has 0 atom stereocenters. The summed E-state index contributed by atoms with van der Waals surface area (Å²) in [4.78, 5) is 0. The van der Waals surface area contributed by atoms with Gasteiger partial charge >= 0.3 is 0 Å². The van der Waals surface area contributed by atoms with Crippen molar-refractivity contribution in [3.8, 4) is 0 Å². The van der Waals surface area contributed by atoms with Gasteiger partial charge in [-0.05, 0) is 11.0 Å². The molecule has 0 unspecified atom stereocenters. The molecule has 0 rings (SSSR count). The molecule has 1 radical (unpaired) electrons. The van der Waals surface area contributed by atoms with Crippen LogP contribution in [-0.4, -0.2) is 8.80 Å². The van der Waals surface area contributed by atoms with Gasteiger partial charge in [0.1, 0.15) is 0 Å². The zero-order valence-corrected chi connectivity index (χ0v) is 9.99. The lowest BCUT2D eigenvalue weighted by atomic mass is 10.00. The molecule has 0 aromatic heterocycles. The first kappa shape index (κ1) is 11.2. The average Bonchev–Trinajstić information content (AvgIpc) is 1.84. The van der Waals surface area contributed by atoms with E-state index in [9.17, 15) is 0 Å². The van der Waals surface area contributed by atoms with E-state index in [1.54, 1.807) is 0 Å². The normalized spacial score (nSPS) is 13.1. The Hall–Kier alpha value is 0.217. The molecule has 0 aliphatic carbocycles. The van der Waals surface area contributed by atoms with E-state index in [2.05, 4.69) is 40.8 Å². The van der Waals surface area contributed by atoms with Gasteiger partial charge in [0, 0.05) is 8.80 Å². The minimum absolute atomic E-state index is 0.106. The summed E-state index contributed by atoms with van der Waals surface area (Å²) in [6.45, 7) is 14.3. The first-order valence-corrected chi connectivity index (χ1v) is 7.17. The fourth-order valence-electron chi connectivity index (χ4n) is 0.900. The van der Waals surface area contributed by atoms with Crippen LogP contribution < -0.4 is 0 Å². The molecular weight excluding hydrogens is 148 g/mol. The van der Waals surface area contributed by atoms with Crippen molar-refractivity contribution in [2.24, 2.45) is 5.92 Å². The van der Waals surface area contributed by atoms with Gasteiger partial charge in [0.05, 0.1) is 0 Å². The molecular formula is C10H23Si. The number of hydrogen-bond acceptors (Lipinski definition) is 0. The fourth-order valence-corrected chi connectivity index (χ4v) is 1.54. The van der Waals surface area contributed by atoms with Crippen molar-refractivity contribution in [2.45, 2.75) is 58.7 Å². The lowest BCUT2D eigenvalue weighted by Crippen LogP contribution is -2.21. The molecule has 0 N–H and O–H groups in total. The Bertz CT molecular complexity index is 103. The summed E-state index contributed by atoms with van der Waals surface area (Å²) in [5.74, 6) is 0.871. The van der Waals surface area contributed by atoms with Gasteiger partial charge in [-0.1, -0.05) is 53.6 Å². The highest BCUT2D eigenvalue weighted by Gasteiger charge is 2.22. The average molecular weight is 171 g/mol. The van der Waals surface area contributed by atoms with Crippen molar-refractivity contribution < 1.29 is 0 Å². The van der Waals surface area contributed by atoms with Crippen molar-refractivity contribution in [3.05, 3.63) is 0 Å². The van der Waals surface area contributed by atoms with Crippen LogP contribution in [-0.2, 0) is 0 Å². The molecule has 0 nitrogen and oxygen atoms in total. The summed E-state index contributed by atoms with van der Waals surface area (Å²) in [6, 6.07) is 0. The van der Waals surface area contributed by atoms with Crippen LogP contribution in [0.2, 0.25) is 18.1 Å². The topological polar surface area (TPSA) is 0 Å². The second-order valence-corrected chi connectivity index (χ2v) is 8.17. The van der Waals surface area contributed by atoms with Crippen LogP contribution >= 0.6 is 0 Å². The highest BCUT2D eigenvalue weighted by Crippen LogP contribution is 2.35. The van der Waals surface area contributed by atoms with Crippen molar-refractivity contribution in [1.82, 2.24) is 0 Å². The summed E-state index contributed by atoms with van der Waals surface area (Å²) in [6.07, 6.45) is 2.80. The molecule has 1 heteroatoms. The maximum absolute atomic E-state index is 2.42. The van der Waals surface area contributed by atoms with Gasteiger partial charge in [-0.25, -0.2) is 0 Å². The third-order valence-corrected chi connectivity index (χ3v) is 5.66. The largest absolute Gasteiger partial charge is 0.0709 e. The number of hydrogen-bond donors (Lipinski definition) is 0. The molecule has 0 aromatic carbocycles. The molecule has 0 aromatic rings. The lowest BCUT2D eigenvalue weighted by Gasteiger charge is -2.28. The zero-order valence-electron chi connectivity index (χ0n) is 8.99. The van der Waals surface area contributed by atoms with Crippen LogP contribution in [0.5, 0.6) is 0 Å². The Kier molecular flexibility index (Phi) is 4.38. The van der Waals surface area contributed by atoms with Gasteiger partial charge in [0.15, 0.2) is 0 Å². The minimum Gasteiger partial charge on any atom is -0.0709 e. The van der Waals surface area contributed by atoms with Crippen LogP contribution in [0.15, 0.2) is 0 Å². The van der Waals surface area contributed by atoms with Gasteiger partial charge in [-0.3, -0.25) is 0 Å². The molecule has 0 amide bonds. The van der Waals surface area contributed by atoms with Crippen LogP contribution in [0.1, 0.15) is 40.5 Å². The SMILES string of the molecule is CC(C)CCC(C)(C)[Si](C)C. The molecule has 0 bridgehead atoms. The van der Waals surface area contributed by atoms with Crippen LogP contribution in [0.4, 0.5) is 0 Å². The highest BCUT2D eigenvalue weighted by molar-refractivity contribution is 6.59. The van der Waals surface area contributed by atoms with Gasteiger partial charge in [0.25, 0.3) is 0 Å². The quantitative estimate of drug-likeness (QED) is 0.562. The maximum atomic E-state index is 2.42. The molecule has 11 heavy (non-hydrogen) atoms. The van der Waals surface area contributed by atoms with Crippen molar-refractivity contribution in [3.63, 3.8) is 0 Å². The first-order chi connectivity index (χ1) is 4.86. The predicted molar refractivity (Wildman–Crippen MR) is 55.6 cm³/mol. The molecule has 67 valence electrons. The third kappa shape index (κ3) is 4.62. The van der Waals surface area contributed by atoms with E-state index in [-0.39, 0.29) is 8.80 Å². The van der Waals surface area contributed by atoms with Crippen molar-refractivity contribution in [1.29, 1.82) is 0 Å². The van der Waals surface area contributed by atoms with E-state index in [1.807, 2.05) is 0 Å². The molecule has 0 saturated carbocycles. The van der Waals surface area contributed by atoms with E-state index >= 15 is 0 Å². The lowest BCUT2D eigenvalue weighted by molar-refractivity contribution is 0.482. The Balaban J connectivity index is 3.73. The second-order valence-electron chi connectivity index (χ2n) is 4.82. The Labute approximate surface area is 74.0 Å². The smallest absolute Gasteiger partial charge is 0.0473 e. The van der Waals surface area contributed by atoms with E-state index < -0.39 is 0 Å². The first-order valence-electron chi connectivity index (χ1n) is 4.67. The summed E-state index contributed by atoms with van der Waals surface area (Å²) < 4.78 is 0. The molecule has 0 spiro atoms. The van der Waals surface area contributed by atoms with Gasteiger partial charge in [0.2, 0.25) is 0 Å². The summed E-state index contributed by atoms with van der Waals surface area (Å²) in [5, 5.41) is 0.634. The molecule has 0 heterocycles. The van der Waals surface area contributed by atoms with Crippen LogP contribution in [0, 0.1) is 5.92 Å². The standard InChI is InChI=1S/C10H23Si/c1-9(2)7-8-10(3,4)11(5)6/h9H,7-8H2,1-6H3. The summed E-state index contributed by atoms with van der Waals surface area (Å²) in [7, 11) is -0.106. The van der Waals surface area contributed by atoms with E-state index in [0.717, 1.165) is 5.92 Å². The molecule has 0 fully saturated rings. The van der Waals surface area contributed by atoms with Gasteiger partial charge in [-0.2, -0.15) is 0 Å². The van der Waals surface area contributed by atoms with Crippen LogP contribution in [0.3, 0.4) is 0 Å². The van der Waals surface area contributed by atoms with Crippen molar-refractivity contribution in [2.75, 3.05) is 0 Å². The van der Waals surface area contributed by atoms with E-state index in [0.29, 0.717) is 5.04 Å². The zero-order chi connectivity index (χ0) is 9.07.